The molecular weight excluding hydrogens is 331 g/mol. The maximum atomic E-state index is 13.0. The predicted molar refractivity (Wildman–Crippen MR) is 101 cm³/mol. The fourth-order valence-corrected chi connectivity index (χ4v) is 2.56. The standard InChI is InChI=1S/C20H21FN4O/c1-14-11-19(22-12-15-7-9-17(21)10-8-15)25-20(24-14)23-13-16-5-3-4-6-18(16)26-2/h3-11H,12-13H2,1-2H3,(H2,22,23,24,25). The summed E-state index contributed by atoms with van der Waals surface area (Å²) in [6.45, 7) is 3.03. The molecule has 26 heavy (non-hydrogen) atoms. The Kier molecular flexibility index (Phi) is 5.63. The molecule has 2 N–H and O–H groups in total. The number of halogens is 1. The van der Waals surface area contributed by atoms with Gasteiger partial charge < -0.3 is 15.4 Å². The van der Waals surface area contributed by atoms with Gasteiger partial charge in [-0.15, -0.1) is 0 Å². The Balaban J connectivity index is 1.66. The van der Waals surface area contributed by atoms with Crippen LogP contribution in [0.3, 0.4) is 0 Å². The van der Waals surface area contributed by atoms with Crippen molar-refractivity contribution in [2.45, 2.75) is 20.0 Å². The molecule has 0 bridgehead atoms. The van der Waals surface area contributed by atoms with Gasteiger partial charge in [0.15, 0.2) is 0 Å². The third-order valence-electron chi connectivity index (χ3n) is 3.87. The van der Waals surface area contributed by atoms with Gasteiger partial charge in [-0.2, -0.15) is 4.98 Å². The zero-order valence-corrected chi connectivity index (χ0v) is 14.8. The number of ether oxygens (including phenoxy) is 1. The average Bonchev–Trinajstić information content (AvgIpc) is 2.66. The van der Waals surface area contributed by atoms with Gasteiger partial charge in [-0.3, -0.25) is 0 Å². The van der Waals surface area contributed by atoms with Gasteiger partial charge in [0.05, 0.1) is 7.11 Å². The summed E-state index contributed by atoms with van der Waals surface area (Å²) in [7, 11) is 1.65. The van der Waals surface area contributed by atoms with Crippen LogP contribution < -0.4 is 15.4 Å². The summed E-state index contributed by atoms with van der Waals surface area (Å²) in [5, 5.41) is 6.47. The minimum absolute atomic E-state index is 0.241. The average molecular weight is 352 g/mol. The zero-order valence-electron chi connectivity index (χ0n) is 14.8. The number of para-hydroxylation sites is 1. The van der Waals surface area contributed by atoms with Crippen molar-refractivity contribution < 1.29 is 9.13 Å². The normalized spacial score (nSPS) is 10.4. The van der Waals surface area contributed by atoms with Gasteiger partial charge in [0, 0.05) is 30.4 Å². The third-order valence-corrected chi connectivity index (χ3v) is 3.87. The number of anilines is 2. The second kappa shape index (κ2) is 8.29. The Labute approximate surface area is 152 Å². The Morgan fingerprint density at radius 1 is 0.962 bits per heavy atom. The number of hydrogen-bond acceptors (Lipinski definition) is 5. The van der Waals surface area contributed by atoms with E-state index in [0.29, 0.717) is 24.9 Å². The van der Waals surface area contributed by atoms with E-state index in [0.717, 1.165) is 22.6 Å². The van der Waals surface area contributed by atoms with Gasteiger partial charge in [0.2, 0.25) is 5.95 Å². The highest BCUT2D eigenvalue weighted by atomic mass is 19.1. The summed E-state index contributed by atoms with van der Waals surface area (Å²) >= 11 is 0. The molecule has 134 valence electrons. The number of rotatable bonds is 7. The lowest BCUT2D eigenvalue weighted by atomic mass is 10.2. The lowest BCUT2D eigenvalue weighted by Crippen LogP contribution is -2.08. The second-order valence-corrected chi connectivity index (χ2v) is 5.86. The zero-order chi connectivity index (χ0) is 18.4. The van der Waals surface area contributed by atoms with Crippen LogP contribution >= 0.6 is 0 Å². The van der Waals surface area contributed by atoms with Crippen molar-refractivity contribution in [3.8, 4) is 5.75 Å². The molecule has 1 aromatic heterocycles. The highest BCUT2D eigenvalue weighted by Crippen LogP contribution is 2.19. The van der Waals surface area contributed by atoms with E-state index < -0.39 is 0 Å². The monoisotopic (exact) mass is 352 g/mol. The Morgan fingerprint density at radius 2 is 1.73 bits per heavy atom. The molecule has 0 aliphatic rings. The van der Waals surface area contributed by atoms with Crippen LogP contribution in [0, 0.1) is 12.7 Å². The van der Waals surface area contributed by atoms with Crippen LogP contribution in [0.5, 0.6) is 5.75 Å². The number of aryl methyl sites for hydroxylation is 1. The first-order chi connectivity index (χ1) is 12.6. The largest absolute Gasteiger partial charge is 0.496 e. The predicted octanol–water partition coefficient (Wildman–Crippen LogP) is 4.16. The van der Waals surface area contributed by atoms with E-state index >= 15 is 0 Å². The smallest absolute Gasteiger partial charge is 0.225 e. The molecule has 0 saturated heterocycles. The summed E-state index contributed by atoms with van der Waals surface area (Å²) in [6, 6.07) is 16.1. The number of nitrogens with zero attached hydrogens (tertiary/aromatic N) is 2. The fourth-order valence-electron chi connectivity index (χ4n) is 2.56. The molecule has 0 fully saturated rings. The summed E-state index contributed by atoms with van der Waals surface area (Å²) in [4.78, 5) is 8.91. The molecule has 0 spiro atoms. The minimum atomic E-state index is -0.241. The molecule has 0 saturated carbocycles. The number of nitrogens with one attached hydrogen (secondary N) is 2. The molecule has 5 nitrogen and oxygen atoms in total. The van der Waals surface area contributed by atoms with Crippen LogP contribution in [0.15, 0.2) is 54.6 Å². The first kappa shape index (κ1) is 17.7. The molecule has 0 radical (unpaired) electrons. The minimum Gasteiger partial charge on any atom is -0.496 e. The van der Waals surface area contributed by atoms with Gasteiger partial charge in [0.25, 0.3) is 0 Å². The van der Waals surface area contributed by atoms with E-state index in [1.54, 1.807) is 19.2 Å². The Hall–Kier alpha value is -3.15. The van der Waals surface area contributed by atoms with Crippen LogP contribution in [-0.2, 0) is 13.1 Å². The van der Waals surface area contributed by atoms with Gasteiger partial charge in [-0.1, -0.05) is 30.3 Å². The molecule has 1 heterocycles. The Morgan fingerprint density at radius 3 is 2.50 bits per heavy atom. The first-order valence-corrected chi connectivity index (χ1v) is 8.34. The van der Waals surface area contributed by atoms with Crippen molar-refractivity contribution in [3.05, 3.63) is 77.2 Å². The quantitative estimate of drug-likeness (QED) is 0.669. The molecule has 6 heteroatoms. The second-order valence-electron chi connectivity index (χ2n) is 5.86. The van der Waals surface area contributed by atoms with Crippen molar-refractivity contribution in [2.24, 2.45) is 0 Å². The number of benzene rings is 2. The summed E-state index contributed by atoms with van der Waals surface area (Å²) in [5.41, 5.74) is 2.86. The lowest BCUT2D eigenvalue weighted by Gasteiger charge is -2.12. The van der Waals surface area contributed by atoms with Gasteiger partial charge >= 0.3 is 0 Å². The highest BCUT2D eigenvalue weighted by molar-refractivity contribution is 5.44. The van der Waals surface area contributed by atoms with Gasteiger partial charge in [-0.25, -0.2) is 9.37 Å². The van der Waals surface area contributed by atoms with Crippen LogP contribution in [0.4, 0.5) is 16.2 Å². The van der Waals surface area contributed by atoms with Crippen molar-refractivity contribution in [3.63, 3.8) is 0 Å². The van der Waals surface area contributed by atoms with Crippen LogP contribution in [0.1, 0.15) is 16.8 Å². The van der Waals surface area contributed by atoms with E-state index in [9.17, 15) is 4.39 Å². The topological polar surface area (TPSA) is 59.1 Å². The molecular formula is C20H21FN4O. The molecule has 0 atom stereocenters. The molecule has 0 unspecified atom stereocenters. The van der Waals surface area contributed by atoms with E-state index in [1.807, 2.05) is 37.3 Å². The van der Waals surface area contributed by atoms with Crippen molar-refractivity contribution in [2.75, 3.05) is 17.7 Å². The maximum absolute atomic E-state index is 13.0. The molecule has 0 amide bonds. The van der Waals surface area contributed by atoms with E-state index in [2.05, 4.69) is 20.6 Å². The van der Waals surface area contributed by atoms with E-state index in [4.69, 9.17) is 4.74 Å². The first-order valence-electron chi connectivity index (χ1n) is 8.34. The molecule has 3 aromatic rings. The van der Waals surface area contributed by atoms with Crippen LogP contribution in [-0.4, -0.2) is 17.1 Å². The van der Waals surface area contributed by atoms with Crippen molar-refractivity contribution in [1.29, 1.82) is 0 Å². The molecule has 0 aliphatic carbocycles. The van der Waals surface area contributed by atoms with Crippen LogP contribution in [0.2, 0.25) is 0 Å². The van der Waals surface area contributed by atoms with Gasteiger partial charge in [-0.05, 0) is 30.7 Å². The van der Waals surface area contributed by atoms with E-state index in [-0.39, 0.29) is 5.82 Å². The summed E-state index contributed by atoms with van der Waals surface area (Å²) in [6.07, 6.45) is 0. The van der Waals surface area contributed by atoms with Gasteiger partial charge in [0.1, 0.15) is 17.4 Å². The van der Waals surface area contributed by atoms with Crippen LogP contribution in [0.25, 0.3) is 0 Å². The van der Waals surface area contributed by atoms with Crippen molar-refractivity contribution in [1.82, 2.24) is 9.97 Å². The summed E-state index contributed by atoms with van der Waals surface area (Å²) < 4.78 is 18.3. The Bertz CT molecular complexity index is 868. The number of hydrogen-bond donors (Lipinski definition) is 2. The van der Waals surface area contributed by atoms with E-state index in [1.165, 1.54) is 12.1 Å². The van der Waals surface area contributed by atoms with Crippen molar-refractivity contribution >= 4 is 11.8 Å². The third kappa shape index (κ3) is 4.69. The SMILES string of the molecule is COc1ccccc1CNc1nc(C)cc(NCc2ccc(F)cc2)n1. The summed E-state index contributed by atoms with van der Waals surface area (Å²) in [5.74, 6) is 1.83. The number of aromatic nitrogens is 2. The molecule has 2 aromatic carbocycles. The number of methoxy groups -OCH3 is 1. The highest BCUT2D eigenvalue weighted by Gasteiger charge is 2.05. The molecule has 0 aliphatic heterocycles. The lowest BCUT2D eigenvalue weighted by molar-refractivity contribution is 0.410. The molecule has 3 rings (SSSR count). The fraction of sp³-hybridized carbons (Fsp3) is 0.200. The maximum Gasteiger partial charge on any atom is 0.225 e.